The number of benzene rings is 1. The van der Waals surface area contributed by atoms with E-state index in [0.717, 1.165) is 30.9 Å². The highest BCUT2D eigenvalue weighted by Crippen LogP contribution is 2.42. The fourth-order valence-corrected chi connectivity index (χ4v) is 4.41. The number of alkyl halides is 3. The van der Waals surface area contributed by atoms with Gasteiger partial charge in [0.2, 0.25) is 0 Å². The molecule has 0 spiro atoms. The molecule has 3 aromatic rings. The van der Waals surface area contributed by atoms with Crippen LogP contribution in [0.1, 0.15) is 34.2 Å². The second kappa shape index (κ2) is 9.82. The number of hydrogen-bond donors (Lipinski definition) is 2. The summed E-state index contributed by atoms with van der Waals surface area (Å²) in [6.07, 6.45) is -3.55. The van der Waals surface area contributed by atoms with E-state index in [0.29, 0.717) is 31.1 Å². The van der Waals surface area contributed by atoms with Crippen molar-refractivity contribution >= 4 is 22.8 Å². The van der Waals surface area contributed by atoms with Gasteiger partial charge in [-0.15, -0.1) is 0 Å². The smallest absolute Gasteiger partial charge is 0.379 e. The minimum atomic E-state index is -4.64. The van der Waals surface area contributed by atoms with Gasteiger partial charge in [-0.2, -0.15) is 13.2 Å². The number of carbonyl (C=O) groups is 1. The summed E-state index contributed by atoms with van der Waals surface area (Å²) < 4.78 is 59.9. The molecule has 2 N–H and O–H groups in total. The highest BCUT2D eigenvalue weighted by Gasteiger charge is 2.42. The number of para-hydroxylation sites is 1. The van der Waals surface area contributed by atoms with E-state index >= 15 is 0 Å². The first kappa shape index (κ1) is 24.1. The molecule has 1 aliphatic heterocycles. The molecule has 1 amide bonds. The summed E-state index contributed by atoms with van der Waals surface area (Å²) in [7, 11) is 0. The summed E-state index contributed by atoms with van der Waals surface area (Å²) in [5.74, 6) is -2.22. The maximum Gasteiger partial charge on any atom is 0.413 e. The summed E-state index contributed by atoms with van der Waals surface area (Å²) in [5, 5.41) is 2.75. The van der Waals surface area contributed by atoms with Gasteiger partial charge in [0.15, 0.2) is 0 Å². The Labute approximate surface area is 203 Å². The number of halogens is 4. The molecule has 1 atom stereocenters. The van der Waals surface area contributed by atoms with Crippen LogP contribution in [0.5, 0.6) is 0 Å². The Morgan fingerprint density at radius 1 is 1.11 bits per heavy atom. The molecule has 0 bridgehead atoms. The number of aromatic amines is 1. The fourth-order valence-electron chi connectivity index (χ4n) is 4.41. The highest BCUT2D eigenvalue weighted by atomic mass is 19.4. The second-order valence-corrected chi connectivity index (χ2v) is 8.67. The highest BCUT2D eigenvalue weighted by molar-refractivity contribution is 6.11. The number of ether oxygens (including phenoxy) is 1. The third-order valence-electron chi connectivity index (χ3n) is 6.19. The van der Waals surface area contributed by atoms with Gasteiger partial charge in [-0.1, -0.05) is 18.2 Å². The quantitative estimate of drug-likeness (QED) is 0.488. The van der Waals surface area contributed by atoms with Gasteiger partial charge in [0.05, 0.1) is 35.9 Å². The standard InChI is InChI=1S/C25H23F4N5O2/c26-15-7-8-19(25(27,28)29)18(13-15)23-31-20-5-2-4-17(22(20)33-23)24(35)32-21-6-1-3-16(30-21)14-34-9-11-36-12-10-34/h1-8,18H,9-14H2,(H,31,33)(H,30,32,35). The Balaban J connectivity index is 1.38. The second-order valence-electron chi connectivity index (χ2n) is 8.67. The number of morpholine rings is 1. The average molecular weight is 501 g/mol. The van der Waals surface area contributed by atoms with Crippen LogP contribution in [-0.4, -0.2) is 58.2 Å². The number of aromatic nitrogens is 3. The zero-order valence-corrected chi connectivity index (χ0v) is 19.1. The van der Waals surface area contributed by atoms with Crippen LogP contribution >= 0.6 is 0 Å². The number of rotatable bonds is 5. The summed E-state index contributed by atoms with van der Waals surface area (Å²) in [6, 6.07) is 10.1. The molecule has 1 aromatic carbocycles. The molecule has 5 rings (SSSR count). The van der Waals surface area contributed by atoms with Gasteiger partial charge in [0.1, 0.15) is 23.0 Å². The number of hydrogen-bond acceptors (Lipinski definition) is 5. The molecule has 7 nitrogen and oxygen atoms in total. The lowest BCUT2D eigenvalue weighted by atomic mass is 9.89. The van der Waals surface area contributed by atoms with Crippen molar-refractivity contribution in [1.29, 1.82) is 0 Å². The molecule has 0 radical (unpaired) electrons. The largest absolute Gasteiger partial charge is 0.413 e. The molecular formula is C25H23F4N5O2. The molecule has 1 unspecified atom stereocenters. The number of fused-ring (bicyclic) bond motifs is 1. The number of H-pyrrole nitrogens is 1. The maximum atomic E-state index is 13.9. The van der Waals surface area contributed by atoms with Crippen LogP contribution in [0.4, 0.5) is 23.4 Å². The number of amides is 1. The Kier molecular flexibility index (Phi) is 6.59. The van der Waals surface area contributed by atoms with Gasteiger partial charge < -0.3 is 15.0 Å². The summed E-state index contributed by atoms with van der Waals surface area (Å²) in [6.45, 7) is 3.54. The number of allylic oxidation sites excluding steroid dienone is 4. The third-order valence-corrected chi connectivity index (χ3v) is 6.19. The lowest BCUT2D eigenvalue weighted by Crippen LogP contribution is -2.35. The van der Waals surface area contributed by atoms with Crippen LogP contribution in [0.15, 0.2) is 60.0 Å². The van der Waals surface area contributed by atoms with E-state index in [4.69, 9.17) is 4.74 Å². The lowest BCUT2D eigenvalue weighted by Gasteiger charge is -2.26. The van der Waals surface area contributed by atoms with E-state index in [1.54, 1.807) is 24.3 Å². The van der Waals surface area contributed by atoms with Gasteiger partial charge in [-0.3, -0.25) is 9.69 Å². The van der Waals surface area contributed by atoms with E-state index in [1.165, 1.54) is 6.07 Å². The average Bonchev–Trinajstić information content (AvgIpc) is 3.28. The molecular weight excluding hydrogens is 478 g/mol. The van der Waals surface area contributed by atoms with Crippen LogP contribution in [0.2, 0.25) is 0 Å². The van der Waals surface area contributed by atoms with Crippen molar-refractivity contribution in [1.82, 2.24) is 19.9 Å². The molecule has 0 saturated carbocycles. The van der Waals surface area contributed by atoms with Crippen molar-refractivity contribution in [3.63, 3.8) is 0 Å². The first-order valence-corrected chi connectivity index (χ1v) is 11.5. The minimum Gasteiger partial charge on any atom is -0.379 e. The van der Waals surface area contributed by atoms with E-state index in [2.05, 4.69) is 25.2 Å². The van der Waals surface area contributed by atoms with Gasteiger partial charge in [-0.05, 0) is 30.3 Å². The van der Waals surface area contributed by atoms with Crippen molar-refractivity contribution in [3.05, 3.63) is 77.0 Å². The predicted octanol–water partition coefficient (Wildman–Crippen LogP) is 4.87. The number of imidazole rings is 1. The Morgan fingerprint density at radius 2 is 1.89 bits per heavy atom. The number of pyridine rings is 1. The Morgan fingerprint density at radius 3 is 2.67 bits per heavy atom. The van der Waals surface area contributed by atoms with Gasteiger partial charge >= 0.3 is 6.18 Å². The zero-order valence-electron chi connectivity index (χ0n) is 19.1. The van der Waals surface area contributed by atoms with Crippen molar-refractivity contribution in [2.45, 2.75) is 25.1 Å². The number of nitrogens with zero attached hydrogens (tertiary/aromatic N) is 3. The van der Waals surface area contributed by atoms with Crippen LogP contribution in [0.25, 0.3) is 11.0 Å². The number of carbonyl (C=O) groups excluding carboxylic acids is 1. The summed E-state index contributed by atoms with van der Waals surface area (Å²) in [4.78, 5) is 27.0. The van der Waals surface area contributed by atoms with Crippen LogP contribution in [0.3, 0.4) is 0 Å². The molecule has 1 fully saturated rings. The van der Waals surface area contributed by atoms with Crippen LogP contribution in [-0.2, 0) is 11.3 Å². The SMILES string of the molecule is O=C(Nc1cccc(CN2CCOCC2)n1)c1cccc2[nH]c(C3CC(F)=CC=C3C(F)(F)F)nc12. The van der Waals surface area contributed by atoms with E-state index in [1.807, 2.05) is 6.07 Å². The fraction of sp³-hybridized carbons (Fsp3) is 0.320. The van der Waals surface area contributed by atoms with E-state index in [-0.39, 0.29) is 16.9 Å². The molecule has 188 valence electrons. The lowest BCUT2D eigenvalue weighted by molar-refractivity contribution is -0.0964. The molecule has 1 saturated heterocycles. The van der Waals surface area contributed by atoms with Gasteiger partial charge in [0, 0.05) is 31.6 Å². The first-order valence-electron chi connectivity index (χ1n) is 11.5. The molecule has 1 aliphatic carbocycles. The van der Waals surface area contributed by atoms with E-state index < -0.39 is 35.8 Å². The zero-order chi connectivity index (χ0) is 25.3. The molecule has 36 heavy (non-hydrogen) atoms. The van der Waals surface area contributed by atoms with Crippen molar-refractivity contribution in [3.8, 4) is 0 Å². The molecule has 2 aromatic heterocycles. The monoisotopic (exact) mass is 501 g/mol. The summed E-state index contributed by atoms with van der Waals surface area (Å²) >= 11 is 0. The normalized spacial score (nSPS) is 19.2. The Bertz CT molecular complexity index is 1340. The minimum absolute atomic E-state index is 0.0530. The van der Waals surface area contributed by atoms with Crippen LogP contribution < -0.4 is 5.32 Å². The van der Waals surface area contributed by atoms with E-state index in [9.17, 15) is 22.4 Å². The van der Waals surface area contributed by atoms with Gasteiger partial charge in [0.25, 0.3) is 5.91 Å². The van der Waals surface area contributed by atoms with Crippen molar-refractivity contribution in [2.75, 3.05) is 31.6 Å². The molecule has 2 aliphatic rings. The molecule has 11 heteroatoms. The number of nitrogens with one attached hydrogen (secondary N) is 2. The predicted molar refractivity (Wildman–Crippen MR) is 125 cm³/mol. The topological polar surface area (TPSA) is 83.1 Å². The first-order chi connectivity index (χ1) is 17.3. The molecule has 3 heterocycles. The Hall–Kier alpha value is -3.57. The van der Waals surface area contributed by atoms with Crippen LogP contribution in [0, 0.1) is 0 Å². The summed E-state index contributed by atoms with van der Waals surface area (Å²) in [5.41, 5.74) is 0.637. The maximum absolute atomic E-state index is 13.9. The van der Waals surface area contributed by atoms with Crippen molar-refractivity contribution in [2.24, 2.45) is 0 Å². The number of anilines is 1. The third kappa shape index (κ3) is 5.17. The van der Waals surface area contributed by atoms with Crippen molar-refractivity contribution < 1.29 is 27.1 Å². The van der Waals surface area contributed by atoms with Gasteiger partial charge in [-0.25, -0.2) is 14.4 Å².